The Bertz CT molecular complexity index is 1060. The summed E-state index contributed by atoms with van der Waals surface area (Å²) in [6.45, 7) is 3.14. The van der Waals surface area contributed by atoms with E-state index in [1.165, 1.54) is 39.8 Å². The zero-order valence-electron chi connectivity index (χ0n) is 15.1. The lowest BCUT2D eigenvalue weighted by Crippen LogP contribution is -2.49. The summed E-state index contributed by atoms with van der Waals surface area (Å²) in [5, 5.41) is 12.3. The van der Waals surface area contributed by atoms with E-state index < -0.39 is 15.8 Å². The van der Waals surface area contributed by atoms with Crippen LogP contribution in [-0.2, 0) is 10.0 Å². The molecule has 2 aromatic heterocycles. The Morgan fingerprint density at radius 2 is 1.71 bits per heavy atom. The Hall–Kier alpha value is -2.92. The molecule has 0 atom stereocenters. The maximum atomic E-state index is 13.4. The molecule has 1 aliphatic rings. The normalized spacial score (nSPS) is 15.7. The zero-order valence-corrected chi connectivity index (χ0v) is 15.9. The van der Waals surface area contributed by atoms with Gasteiger partial charge in [0.05, 0.1) is 4.90 Å². The predicted octanol–water partition coefficient (Wildman–Crippen LogP) is 1.02. The van der Waals surface area contributed by atoms with Crippen LogP contribution in [-0.4, -0.2) is 63.9 Å². The summed E-state index contributed by atoms with van der Waals surface area (Å²) in [6.07, 6.45) is 2.95. The van der Waals surface area contributed by atoms with Gasteiger partial charge in [0.2, 0.25) is 10.0 Å². The van der Waals surface area contributed by atoms with E-state index in [0.29, 0.717) is 43.4 Å². The monoisotopic (exact) mass is 403 g/mol. The van der Waals surface area contributed by atoms with Crippen LogP contribution in [0.25, 0.3) is 5.82 Å². The molecule has 3 heterocycles. The number of aryl methyl sites for hydroxylation is 1. The molecule has 0 saturated carbocycles. The van der Waals surface area contributed by atoms with Gasteiger partial charge in [-0.1, -0.05) is 0 Å². The molecular formula is C17H18FN7O2S. The van der Waals surface area contributed by atoms with Crippen molar-refractivity contribution in [2.45, 2.75) is 11.8 Å². The third-order valence-electron chi connectivity index (χ3n) is 4.62. The van der Waals surface area contributed by atoms with Gasteiger partial charge < -0.3 is 4.90 Å². The predicted molar refractivity (Wildman–Crippen MR) is 99.1 cm³/mol. The van der Waals surface area contributed by atoms with Crippen molar-refractivity contribution < 1.29 is 12.8 Å². The number of hydrogen-bond acceptors (Lipinski definition) is 7. The molecule has 0 bridgehead atoms. The average molecular weight is 403 g/mol. The molecule has 1 saturated heterocycles. The molecule has 1 aliphatic heterocycles. The summed E-state index contributed by atoms with van der Waals surface area (Å²) in [7, 11) is -3.66. The van der Waals surface area contributed by atoms with Gasteiger partial charge in [-0.3, -0.25) is 0 Å². The zero-order chi connectivity index (χ0) is 19.7. The lowest BCUT2D eigenvalue weighted by molar-refractivity contribution is 0.383. The Balaban J connectivity index is 1.44. The van der Waals surface area contributed by atoms with Crippen molar-refractivity contribution in [1.29, 1.82) is 0 Å². The Morgan fingerprint density at radius 1 is 1.00 bits per heavy atom. The second kappa shape index (κ2) is 7.24. The molecule has 11 heteroatoms. The number of sulfonamides is 1. The van der Waals surface area contributed by atoms with Crippen LogP contribution in [0.2, 0.25) is 0 Å². The van der Waals surface area contributed by atoms with E-state index in [4.69, 9.17) is 0 Å². The molecule has 3 aromatic rings. The van der Waals surface area contributed by atoms with Gasteiger partial charge in [0, 0.05) is 26.2 Å². The largest absolute Gasteiger partial charge is 0.352 e. The van der Waals surface area contributed by atoms with E-state index in [1.54, 1.807) is 13.0 Å². The van der Waals surface area contributed by atoms with Crippen molar-refractivity contribution in [3.8, 4) is 5.82 Å². The fourth-order valence-corrected chi connectivity index (χ4v) is 4.53. The van der Waals surface area contributed by atoms with Crippen LogP contribution < -0.4 is 4.90 Å². The number of anilines is 1. The fourth-order valence-electron chi connectivity index (χ4n) is 3.02. The highest BCUT2D eigenvalue weighted by atomic mass is 32.2. The molecule has 4 rings (SSSR count). The summed E-state index contributed by atoms with van der Waals surface area (Å²) in [5.74, 6) is 0.796. The fraction of sp³-hybridized carbons (Fsp3) is 0.294. The Labute approximate surface area is 161 Å². The van der Waals surface area contributed by atoms with E-state index in [0.717, 1.165) is 0 Å². The van der Waals surface area contributed by atoms with Crippen LogP contribution in [0, 0.1) is 12.7 Å². The van der Waals surface area contributed by atoms with Gasteiger partial charge in [-0.05, 0) is 42.8 Å². The van der Waals surface area contributed by atoms with E-state index in [9.17, 15) is 12.8 Å². The summed E-state index contributed by atoms with van der Waals surface area (Å²) >= 11 is 0. The van der Waals surface area contributed by atoms with Gasteiger partial charge in [0.15, 0.2) is 11.6 Å². The van der Waals surface area contributed by atoms with E-state index in [2.05, 4.69) is 20.3 Å². The minimum Gasteiger partial charge on any atom is -0.352 e. The molecule has 146 valence electrons. The van der Waals surface area contributed by atoms with E-state index >= 15 is 0 Å². The molecule has 28 heavy (non-hydrogen) atoms. The van der Waals surface area contributed by atoms with E-state index in [1.807, 2.05) is 11.0 Å². The second-order valence-corrected chi connectivity index (χ2v) is 8.33. The molecule has 0 unspecified atom stereocenters. The third-order valence-corrected chi connectivity index (χ3v) is 6.51. The van der Waals surface area contributed by atoms with Gasteiger partial charge in [-0.25, -0.2) is 22.5 Å². The van der Waals surface area contributed by atoms with Crippen LogP contribution in [0.5, 0.6) is 0 Å². The van der Waals surface area contributed by atoms with Crippen molar-refractivity contribution >= 4 is 15.8 Å². The maximum absolute atomic E-state index is 13.4. The molecule has 0 amide bonds. The number of aromatic nitrogens is 5. The number of rotatable bonds is 4. The first-order valence-corrected chi connectivity index (χ1v) is 10.1. The van der Waals surface area contributed by atoms with Gasteiger partial charge in [-0.15, -0.1) is 10.2 Å². The first kappa shape index (κ1) is 18.4. The quantitative estimate of drug-likeness (QED) is 0.641. The molecule has 1 aromatic carbocycles. The van der Waals surface area contributed by atoms with Gasteiger partial charge in [0.25, 0.3) is 0 Å². The molecule has 1 fully saturated rings. The summed E-state index contributed by atoms with van der Waals surface area (Å²) in [5.41, 5.74) is 0.308. The highest BCUT2D eigenvalue weighted by Crippen LogP contribution is 2.21. The average Bonchev–Trinajstić information content (AvgIpc) is 3.25. The first-order valence-electron chi connectivity index (χ1n) is 8.65. The molecule has 9 nitrogen and oxygen atoms in total. The summed E-state index contributed by atoms with van der Waals surface area (Å²) in [6, 6.07) is 7.45. The van der Waals surface area contributed by atoms with Crippen LogP contribution in [0.4, 0.5) is 10.2 Å². The Kier molecular flexibility index (Phi) is 4.77. The number of nitrogens with zero attached hydrogens (tertiary/aromatic N) is 7. The molecule has 0 spiro atoms. The van der Waals surface area contributed by atoms with Crippen LogP contribution in [0.1, 0.15) is 5.56 Å². The smallest absolute Gasteiger partial charge is 0.243 e. The highest BCUT2D eigenvalue weighted by Gasteiger charge is 2.29. The SMILES string of the molecule is Cc1cc(S(=O)(=O)N2CCN(c3ccc(-n4cncn4)nn3)CC2)ccc1F. The lowest BCUT2D eigenvalue weighted by Gasteiger charge is -2.34. The standard InChI is InChI=1S/C17H18FN7O2S/c1-13-10-14(2-3-15(13)18)28(26,27)24-8-6-23(7-9-24)16-4-5-17(22-21-16)25-12-19-11-20-25/h2-5,10-12H,6-9H2,1H3. The summed E-state index contributed by atoms with van der Waals surface area (Å²) in [4.78, 5) is 5.95. The van der Waals surface area contributed by atoms with Crippen LogP contribution >= 0.6 is 0 Å². The minimum atomic E-state index is -3.66. The Morgan fingerprint density at radius 3 is 2.32 bits per heavy atom. The first-order chi connectivity index (χ1) is 13.4. The third kappa shape index (κ3) is 3.45. The molecule has 0 N–H and O–H groups in total. The van der Waals surface area contributed by atoms with Gasteiger partial charge >= 0.3 is 0 Å². The maximum Gasteiger partial charge on any atom is 0.243 e. The number of benzene rings is 1. The second-order valence-electron chi connectivity index (χ2n) is 6.39. The van der Waals surface area contributed by atoms with Crippen molar-refractivity contribution in [2.24, 2.45) is 0 Å². The van der Waals surface area contributed by atoms with Gasteiger partial charge in [0.1, 0.15) is 18.5 Å². The minimum absolute atomic E-state index is 0.108. The van der Waals surface area contributed by atoms with Crippen LogP contribution in [0.3, 0.4) is 0 Å². The molecular weight excluding hydrogens is 385 g/mol. The highest BCUT2D eigenvalue weighted by molar-refractivity contribution is 7.89. The number of hydrogen-bond donors (Lipinski definition) is 0. The van der Waals surface area contributed by atoms with Gasteiger partial charge in [-0.2, -0.15) is 9.40 Å². The van der Waals surface area contributed by atoms with E-state index in [-0.39, 0.29) is 4.90 Å². The molecule has 0 radical (unpaired) electrons. The number of piperazine rings is 1. The van der Waals surface area contributed by atoms with Crippen molar-refractivity contribution in [2.75, 3.05) is 31.1 Å². The van der Waals surface area contributed by atoms with Crippen molar-refractivity contribution in [3.63, 3.8) is 0 Å². The van der Waals surface area contributed by atoms with Crippen LogP contribution in [0.15, 0.2) is 47.9 Å². The van der Waals surface area contributed by atoms with Crippen molar-refractivity contribution in [1.82, 2.24) is 29.3 Å². The molecule has 0 aliphatic carbocycles. The number of halogens is 1. The van der Waals surface area contributed by atoms with Crippen molar-refractivity contribution in [3.05, 3.63) is 54.4 Å². The topological polar surface area (TPSA) is 97.1 Å². The summed E-state index contributed by atoms with van der Waals surface area (Å²) < 4.78 is 42.0. The lowest BCUT2D eigenvalue weighted by atomic mass is 10.2.